The van der Waals surface area contributed by atoms with Crippen molar-refractivity contribution in [1.82, 2.24) is 15.1 Å². The second kappa shape index (κ2) is 8.91. The van der Waals surface area contributed by atoms with Gasteiger partial charge in [-0.1, -0.05) is 28.1 Å². The van der Waals surface area contributed by atoms with Crippen LogP contribution in [0.3, 0.4) is 0 Å². The standard InChI is InChI=1S/C17H25BrN4O/c1-19-17(20-12-16(23)22-10-4-3-5-11-22)21(2)13-14-6-8-15(18)9-7-14/h6-9H,3-5,10-13H2,1-2H3,(H,19,20). The number of likely N-dealkylation sites (tertiary alicyclic amines) is 1. The SMILES string of the molecule is CN=C(NCC(=O)N1CCCCC1)N(C)Cc1ccc(Br)cc1. The lowest BCUT2D eigenvalue weighted by molar-refractivity contribution is -0.130. The molecule has 126 valence electrons. The van der Waals surface area contributed by atoms with E-state index in [1.54, 1.807) is 7.05 Å². The molecule has 1 N–H and O–H groups in total. The maximum Gasteiger partial charge on any atom is 0.241 e. The Kier molecular flexibility index (Phi) is 6.89. The molecule has 0 saturated carbocycles. The van der Waals surface area contributed by atoms with E-state index < -0.39 is 0 Å². The van der Waals surface area contributed by atoms with Crippen molar-refractivity contribution in [3.8, 4) is 0 Å². The van der Waals surface area contributed by atoms with Crippen molar-refractivity contribution in [3.05, 3.63) is 34.3 Å². The number of rotatable bonds is 4. The molecule has 0 unspecified atom stereocenters. The van der Waals surface area contributed by atoms with Crippen molar-refractivity contribution >= 4 is 27.8 Å². The van der Waals surface area contributed by atoms with Gasteiger partial charge in [0.2, 0.25) is 5.91 Å². The quantitative estimate of drug-likeness (QED) is 0.644. The zero-order chi connectivity index (χ0) is 16.7. The summed E-state index contributed by atoms with van der Waals surface area (Å²) in [4.78, 5) is 20.5. The molecule has 1 saturated heterocycles. The van der Waals surface area contributed by atoms with Gasteiger partial charge >= 0.3 is 0 Å². The zero-order valence-electron chi connectivity index (χ0n) is 13.9. The number of nitrogens with one attached hydrogen (secondary N) is 1. The van der Waals surface area contributed by atoms with Crippen LogP contribution in [0.25, 0.3) is 0 Å². The molecular weight excluding hydrogens is 356 g/mol. The maximum atomic E-state index is 12.2. The number of hydrogen-bond donors (Lipinski definition) is 1. The van der Waals surface area contributed by atoms with Crippen molar-refractivity contribution in [2.24, 2.45) is 4.99 Å². The highest BCUT2D eigenvalue weighted by Crippen LogP contribution is 2.12. The van der Waals surface area contributed by atoms with Gasteiger partial charge in [0.25, 0.3) is 0 Å². The van der Waals surface area contributed by atoms with E-state index in [1.165, 1.54) is 12.0 Å². The first-order chi connectivity index (χ1) is 11.1. The molecule has 1 aliphatic heterocycles. The predicted molar refractivity (Wildman–Crippen MR) is 97.4 cm³/mol. The third-order valence-corrected chi connectivity index (χ3v) is 4.54. The van der Waals surface area contributed by atoms with Gasteiger partial charge < -0.3 is 15.1 Å². The van der Waals surface area contributed by atoms with Gasteiger partial charge in [0, 0.05) is 38.2 Å². The van der Waals surface area contributed by atoms with Crippen LogP contribution in [0.5, 0.6) is 0 Å². The van der Waals surface area contributed by atoms with Gasteiger partial charge in [0.05, 0.1) is 6.54 Å². The van der Waals surface area contributed by atoms with Gasteiger partial charge in [0.1, 0.15) is 0 Å². The van der Waals surface area contributed by atoms with Crippen molar-refractivity contribution in [3.63, 3.8) is 0 Å². The monoisotopic (exact) mass is 380 g/mol. The van der Waals surface area contributed by atoms with Crippen molar-refractivity contribution in [2.45, 2.75) is 25.8 Å². The van der Waals surface area contributed by atoms with Crippen LogP contribution < -0.4 is 5.32 Å². The van der Waals surface area contributed by atoms with Crippen LogP contribution in [0.4, 0.5) is 0 Å². The Labute approximate surface area is 146 Å². The highest BCUT2D eigenvalue weighted by Gasteiger charge is 2.17. The number of aliphatic imine (C=N–C) groups is 1. The van der Waals surface area contributed by atoms with Crippen molar-refractivity contribution in [2.75, 3.05) is 33.7 Å². The van der Waals surface area contributed by atoms with Gasteiger partial charge in [0.15, 0.2) is 5.96 Å². The first-order valence-corrected chi connectivity index (χ1v) is 8.83. The molecule has 0 spiro atoms. The van der Waals surface area contributed by atoms with Crippen LogP contribution in [-0.4, -0.2) is 55.4 Å². The molecule has 23 heavy (non-hydrogen) atoms. The molecule has 1 aromatic carbocycles. The lowest BCUT2D eigenvalue weighted by atomic mass is 10.1. The molecule has 1 aliphatic rings. The van der Waals surface area contributed by atoms with Crippen LogP contribution >= 0.6 is 15.9 Å². The van der Waals surface area contributed by atoms with Crippen LogP contribution in [-0.2, 0) is 11.3 Å². The van der Waals surface area contributed by atoms with Gasteiger partial charge in [-0.05, 0) is 37.0 Å². The third-order valence-electron chi connectivity index (χ3n) is 4.01. The predicted octanol–water partition coefficient (Wildman–Crippen LogP) is 2.47. The summed E-state index contributed by atoms with van der Waals surface area (Å²) in [6, 6.07) is 8.21. The Balaban J connectivity index is 1.84. The zero-order valence-corrected chi connectivity index (χ0v) is 15.5. The van der Waals surface area contributed by atoms with E-state index in [9.17, 15) is 4.79 Å². The van der Waals surface area contributed by atoms with Crippen molar-refractivity contribution in [1.29, 1.82) is 0 Å². The Hall–Kier alpha value is -1.56. The van der Waals surface area contributed by atoms with E-state index in [4.69, 9.17) is 0 Å². The average molecular weight is 381 g/mol. The maximum absolute atomic E-state index is 12.2. The molecule has 1 heterocycles. The molecular formula is C17H25BrN4O. The van der Waals surface area contributed by atoms with Crippen molar-refractivity contribution < 1.29 is 4.79 Å². The van der Waals surface area contributed by atoms with Gasteiger partial charge in [-0.25, -0.2) is 0 Å². The highest BCUT2D eigenvalue weighted by molar-refractivity contribution is 9.10. The summed E-state index contributed by atoms with van der Waals surface area (Å²) in [6.07, 6.45) is 3.46. The molecule has 6 heteroatoms. The number of guanidine groups is 1. The highest BCUT2D eigenvalue weighted by atomic mass is 79.9. The van der Waals surface area contributed by atoms with Crippen LogP contribution in [0.2, 0.25) is 0 Å². The number of hydrogen-bond acceptors (Lipinski definition) is 2. The first kappa shape index (κ1) is 17.8. The number of carbonyl (C=O) groups is 1. The van der Waals surface area contributed by atoms with Crippen LogP contribution in [0.15, 0.2) is 33.7 Å². The smallest absolute Gasteiger partial charge is 0.241 e. The Morgan fingerprint density at radius 3 is 2.52 bits per heavy atom. The average Bonchev–Trinajstić information content (AvgIpc) is 2.58. The minimum atomic E-state index is 0.155. The summed E-state index contributed by atoms with van der Waals surface area (Å²) in [5.74, 6) is 0.890. The minimum absolute atomic E-state index is 0.155. The molecule has 2 rings (SSSR count). The van der Waals surface area contributed by atoms with Crippen LogP contribution in [0.1, 0.15) is 24.8 Å². The van der Waals surface area contributed by atoms with Gasteiger partial charge in [-0.3, -0.25) is 9.79 Å². The summed E-state index contributed by atoms with van der Waals surface area (Å²) in [6.45, 7) is 2.81. The second-order valence-corrected chi connectivity index (χ2v) is 6.74. The van der Waals surface area contributed by atoms with Gasteiger partial charge in [-0.2, -0.15) is 0 Å². The molecule has 0 atom stereocenters. The number of benzene rings is 1. The number of carbonyl (C=O) groups excluding carboxylic acids is 1. The summed E-state index contributed by atoms with van der Waals surface area (Å²) < 4.78 is 1.07. The lowest BCUT2D eigenvalue weighted by Gasteiger charge is -2.28. The molecule has 1 fully saturated rings. The summed E-state index contributed by atoms with van der Waals surface area (Å²) >= 11 is 3.44. The summed E-state index contributed by atoms with van der Waals surface area (Å²) in [5, 5.41) is 3.17. The minimum Gasteiger partial charge on any atom is -0.347 e. The molecule has 5 nitrogen and oxygen atoms in total. The molecule has 1 aromatic rings. The Morgan fingerprint density at radius 1 is 1.26 bits per heavy atom. The molecule has 0 bridgehead atoms. The summed E-state index contributed by atoms with van der Waals surface area (Å²) in [7, 11) is 3.72. The molecule has 0 radical (unpaired) electrons. The largest absolute Gasteiger partial charge is 0.347 e. The fraction of sp³-hybridized carbons (Fsp3) is 0.529. The molecule has 0 aliphatic carbocycles. The second-order valence-electron chi connectivity index (χ2n) is 5.82. The Bertz CT molecular complexity index is 538. The van der Waals surface area contributed by atoms with Crippen LogP contribution in [0, 0.1) is 0 Å². The first-order valence-electron chi connectivity index (χ1n) is 8.04. The van der Waals surface area contributed by atoms with Gasteiger partial charge in [-0.15, -0.1) is 0 Å². The molecule has 0 aromatic heterocycles. The van der Waals surface area contributed by atoms with E-state index in [2.05, 4.69) is 38.4 Å². The molecule has 1 amide bonds. The topological polar surface area (TPSA) is 47.9 Å². The fourth-order valence-corrected chi connectivity index (χ4v) is 3.00. The van der Waals surface area contributed by atoms with E-state index >= 15 is 0 Å². The lowest BCUT2D eigenvalue weighted by Crippen LogP contribution is -2.46. The Morgan fingerprint density at radius 2 is 1.91 bits per heavy atom. The normalized spacial score (nSPS) is 15.4. The number of halogens is 1. The van der Waals surface area contributed by atoms with E-state index in [0.717, 1.165) is 42.9 Å². The number of nitrogens with zero attached hydrogens (tertiary/aromatic N) is 3. The summed E-state index contributed by atoms with van der Waals surface area (Å²) in [5.41, 5.74) is 1.20. The van der Waals surface area contributed by atoms with E-state index in [-0.39, 0.29) is 5.91 Å². The van der Waals surface area contributed by atoms with E-state index in [0.29, 0.717) is 6.54 Å². The fourth-order valence-electron chi connectivity index (χ4n) is 2.73. The van der Waals surface area contributed by atoms with E-state index in [1.807, 2.05) is 29.0 Å². The number of amides is 1. The third kappa shape index (κ3) is 5.53. The number of piperidine rings is 1.